The van der Waals surface area contributed by atoms with Crippen LogP contribution in [0.2, 0.25) is 0 Å². The first kappa shape index (κ1) is 15.5. The van der Waals surface area contributed by atoms with E-state index in [1.165, 1.54) is 9.79 Å². The summed E-state index contributed by atoms with van der Waals surface area (Å²) in [6.45, 7) is 0. The van der Waals surface area contributed by atoms with Crippen LogP contribution in [0.3, 0.4) is 0 Å². The third kappa shape index (κ3) is 3.43. The number of benzene rings is 2. The molecule has 0 saturated carbocycles. The molecule has 1 nitrogen and oxygen atoms in total. The first-order chi connectivity index (χ1) is 9.69. The minimum atomic E-state index is 0.0839. The predicted octanol–water partition coefficient (Wildman–Crippen LogP) is 5.08. The standard InChI is InChI=1S/C16H16OS3/c1-18-13-7-4-11(5-8-13)16(17)12-6-9-14(19-2)15(10-12)20-3/h4-10H,1-3H3. The minimum Gasteiger partial charge on any atom is -0.289 e. The number of hydrogen-bond donors (Lipinski definition) is 0. The van der Waals surface area contributed by atoms with E-state index in [9.17, 15) is 4.79 Å². The summed E-state index contributed by atoms with van der Waals surface area (Å²) < 4.78 is 0. The summed E-state index contributed by atoms with van der Waals surface area (Å²) in [6, 6.07) is 13.7. The average molecular weight is 321 g/mol. The molecule has 2 aromatic carbocycles. The molecule has 0 aliphatic rings. The number of hydrogen-bond acceptors (Lipinski definition) is 4. The maximum absolute atomic E-state index is 12.5. The Labute approximate surface area is 132 Å². The van der Waals surface area contributed by atoms with Gasteiger partial charge < -0.3 is 0 Å². The van der Waals surface area contributed by atoms with Crippen molar-refractivity contribution in [2.75, 3.05) is 18.8 Å². The number of carbonyl (C=O) groups is 1. The molecule has 0 amide bonds. The van der Waals surface area contributed by atoms with Crippen molar-refractivity contribution in [1.29, 1.82) is 0 Å². The highest BCUT2D eigenvalue weighted by molar-refractivity contribution is 8.01. The maximum Gasteiger partial charge on any atom is 0.193 e. The molecule has 0 spiro atoms. The summed E-state index contributed by atoms with van der Waals surface area (Å²) in [5.41, 5.74) is 1.50. The summed E-state index contributed by atoms with van der Waals surface area (Å²) in [7, 11) is 0. The molecule has 4 heteroatoms. The smallest absolute Gasteiger partial charge is 0.193 e. The Morgan fingerprint density at radius 3 is 1.90 bits per heavy atom. The molecular weight excluding hydrogens is 304 g/mol. The molecule has 0 N–H and O–H groups in total. The Morgan fingerprint density at radius 2 is 1.35 bits per heavy atom. The highest BCUT2D eigenvalue weighted by atomic mass is 32.2. The van der Waals surface area contributed by atoms with Gasteiger partial charge in [-0.25, -0.2) is 0 Å². The highest BCUT2D eigenvalue weighted by Gasteiger charge is 2.11. The molecule has 0 bridgehead atoms. The normalized spacial score (nSPS) is 10.6. The Hall–Kier alpha value is -0.840. The topological polar surface area (TPSA) is 17.1 Å². The van der Waals surface area contributed by atoms with E-state index in [0.717, 1.165) is 16.0 Å². The van der Waals surface area contributed by atoms with Gasteiger partial charge in [0.05, 0.1) is 0 Å². The molecule has 104 valence electrons. The van der Waals surface area contributed by atoms with Crippen LogP contribution in [0.15, 0.2) is 57.2 Å². The molecule has 0 aromatic heterocycles. The van der Waals surface area contributed by atoms with Crippen LogP contribution in [0.25, 0.3) is 0 Å². The third-order valence-electron chi connectivity index (χ3n) is 3.00. The van der Waals surface area contributed by atoms with E-state index in [4.69, 9.17) is 0 Å². The van der Waals surface area contributed by atoms with Crippen molar-refractivity contribution in [1.82, 2.24) is 0 Å². The van der Waals surface area contributed by atoms with Crippen LogP contribution in [0, 0.1) is 0 Å². The Morgan fingerprint density at radius 1 is 0.750 bits per heavy atom. The van der Waals surface area contributed by atoms with Crippen molar-refractivity contribution in [3.8, 4) is 0 Å². The van der Waals surface area contributed by atoms with Gasteiger partial charge in [-0.3, -0.25) is 4.79 Å². The Kier molecular flexibility index (Phi) is 5.64. The Bertz CT molecular complexity index is 606. The lowest BCUT2D eigenvalue weighted by Gasteiger charge is -2.08. The second-order valence-corrected chi connectivity index (χ2v) is 6.70. The molecule has 20 heavy (non-hydrogen) atoms. The van der Waals surface area contributed by atoms with Crippen LogP contribution in [0.1, 0.15) is 15.9 Å². The fourth-order valence-corrected chi connectivity index (χ4v) is 3.77. The van der Waals surface area contributed by atoms with E-state index < -0.39 is 0 Å². The maximum atomic E-state index is 12.5. The highest BCUT2D eigenvalue weighted by Crippen LogP contribution is 2.29. The van der Waals surface area contributed by atoms with Gasteiger partial charge >= 0.3 is 0 Å². The number of rotatable bonds is 5. The Balaban J connectivity index is 2.32. The fraction of sp³-hybridized carbons (Fsp3) is 0.188. The fourth-order valence-electron chi connectivity index (χ4n) is 1.89. The lowest BCUT2D eigenvalue weighted by molar-refractivity contribution is 0.103. The summed E-state index contributed by atoms with van der Waals surface area (Å²) in [6.07, 6.45) is 6.12. The van der Waals surface area contributed by atoms with Gasteiger partial charge in [-0.1, -0.05) is 0 Å². The molecule has 0 saturated heterocycles. The van der Waals surface area contributed by atoms with Gasteiger partial charge in [0.2, 0.25) is 0 Å². The van der Waals surface area contributed by atoms with E-state index in [2.05, 4.69) is 6.26 Å². The third-order valence-corrected chi connectivity index (χ3v) is 5.44. The molecule has 0 fully saturated rings. The lowest BCUT2D eigenvalue weighted by atomic mass is 10.0. The van der Waals surface area contributed by atoms with Crippen molar-refractivity contribution in [3.05, 3.63) is 53.6 Å². The number of carbonyl (C=O) groups excluding carboxylic acids is 1. The zero-order valence-corrected chi connectivity index (χ0v) is 14.1. The van der Waals surface area contributed by atoms with Crippen molar-refractivity contribution >= 4 is 41.1 Å². The number of thioether (sulfide) groups is 3. The van der Waals surface area contributed by atoms with Gasteiger partial charge in [-0.05, 0) is 61.2 Å². The molecule has 2 aromatic rings. The molecule has 0 unspecified atom stereocenters. The second kappa shape index (κ2) is 7.25. The van der Waals surface area contributed by atoms with Gasteiger partial charge in [0.25, 0.3) is 0 Å². The van der Waals surface area contributed by atoms with Crippen molar-refractivity contribution in [2.45, 2.75) is 14.7 Å². The lowest BCUT2D eigenvalue weighted by Crippen LogP contribution is -2.01. The van der Waals surface area contributed by atoms with E-state index in [0.29, 0.717) is 0 Å². The summed E-state index contributed by atoms with van der Waals surface area (Å²) >= 11 is 5.06. The van der Waals surface area contributed by atoms with Crippen molar-refractivity contribution < 1.29 is 4.79 Å². The monoisotopic (exact) mass is 320 g/mol. The molecule has 0 aliphatic heterocycles. The molecular formula is C16H16OS3. The first-order valence-electron chi connectivity index (χ1n) is 6.10. The van der Waals surface area contributed by atoms with Crippen molar-refractivity contribution in [3.63, 3.8) is 0 Å². The van der Waals surface area contributed by atoms with Crippen molar-refractivity contribution in [2.24, 2.45) is 0 Å². The summed E-state index contributed by atoms with van der Waals surface area (Å²) in [5.74, 6) is 0.0839. The van der Waals surface area contributed by atoms with Crippen LogP contribution in [-0.2, 0) is 0 Å². The first-order valence-corrected chi connectivity index (χ1v) is 9.77. The number of ketones is 1. The van der Waals surface area contributed by atoms with Crippen LogP contribution in [0.5, 0.6) is 0 Å². The predicted molar refractivity (Wildman–Crippen MR) is 91.7 cm³/mol. The van der Waals surface area contributed by atoms with Gasteiger partial charge in [0, 0.05) is 25.8 Å². The van der Waals surface area contributed by atoms with Crippen LogP contribution < -0.4 is 0 Å². The summed E-state index contributed by atoms with van der Waals surface area (Å²) in [4.78, 5) is 16.0. The molecule has 0 radical (unpaired) electrons. The second-order valence-electron chi connectivity index (χ2n) is 4.13. The van der Waals surface area contributed by atoms with Gasteiger partial charge in [-0.2, -0.15) is 0 Å². The summed E-state index contributed by atoms with van der Waals surface area (Å²) in [5, 5.41) is 0. The van der Waals surface area contributed by atoms with Gasteiger partial charge in [0.1, 0.15) is 0 Å². The zero-order chi connectivity index (χ0) is 14.5. The van der Waals surface area contributed by atoms with Crippen LogP contribution in [0.4, 0.5) is 0 Å². The van der Waals surface area contributed by atoms with E-state index in [1.54, 1.807) is 35.3 Å². The van der Waals surface area contributed by atoms with Gasteiger partial charge in [-0.15, -0.1) is 35.3 Å². The molecule has 2 rings (SSSR count). The largest absolute Gasteiger partial charge is 0.289 e. The molecule has 0 atom stereocenters. The van der Waals surface area contributed by atoms with E-state index >= 15 is 0 Å². The van der Waals surface area contributed by atoms with E-state index in [1.807, 2.05) is 55.0 Å². The zero-order valence-electron chi connectivity index (χ0n) is 11.7. The van der Waals surface area contributed by atoms with Crippen LogP contribution in [-0.4, -0.2) is 24.6 Å². The van der Waals surface area contributed by atoms with Gasteiger partial charge in [0.15, 0.2) is 5.78 Å². The SMILES string of the molecule is CSc1ccc(C(=O)c2ccc(SC)c(SC)c2)cc1. The molecule has 0 heterocycles. The quantitative estimate of drug-likeness (QED) is 0.564. The van der Waals surface area contributed by atoms with E-state index in [-0.39, 0.29) is 5.78 Å². The molecule has 0 aliphatic carbocycles. The van der Waals surface area contributed by atoms with Crippen LogP contribution >= 0.6 is 35.3 Å². The minimum absolute atomic E-state index is 0.0839. The average Bonchev–Trinajstić information content (AvgIpc) is 2.53.